The normalized spacial score (nSPS) is 22.0. The minimum Gasteiger partial charge on any atom is -0.303 e. The topological polar surface area (TPSA) is 40.6 Å². The van der Waals surface area contributed by atoms with Crippen LogP contribution in [0.25, 0.3) is 0 Å². The van der Waals surface area contributed by atoms with Gasteiger partial charge in [-0.3, -0.25) is 0 Å². The summed E-state index contributed by atoms with van der Waals surface area (Å²) in [6.07, 6.45) is 7.26. The smallest absolute Gasteiger partial charge is 0.211 e. The van der Waals surface area contributed by atoms with Crippen molar-refractivity contribution >= 4 is 10.0 Å². The van der Waals surface area contributed by atoms with E-state index in [1.54, 1.807) is 0 Å². The Kier molecular flexibility index (Phi) is 6.87. The van der Waals surface area contributed by atoms with Crippen molar-refractivity contribution in [3.63, 3.8) is 0 Å². The molecule has 2 fully saturated rings. The maximum atomic E-state index is 13.8. The van der Waals surface area contributed by atoms with Crippen LogP contribution in [0.3, 0.4) is 0 Å². The van der Waals surface area contributed by atoms with E-state index in [1.807, 2.05) is 0 Å². The first-order chi connectivity index (χ1) is 12.8. The largest absolute Gasteiger partial charge is 0.303 e. The van der Waals surface area contributed by atoms with E-state index < -0.39 is 21.7 Å². The number of likely N-dealkylation sites (tertiary alicyclic amines) is 1. The Labute approximate surface area is 161 Å². The second kappa shape index (κ2) is 8.97. The van der Waals surface area contributed by atoms with Gasteiger partial charge in [0.2, 0.25) is 10.0 Å². The molecule has 2 saturated heterocycles. The van der Waals surface area contributed by atoms with E-state index in [4.69, 9.17) is 0 Å². The number of hydrogen-bond donors (Lipinski definition) is 0. The highest BCUT2D eigenvalue weighted by Crippen LogP contribution is 2.36. The number of nitrogens with zero attached hydrogens (tertiary/aromatic N) is 2. The maximum Gasteiger partial charge on any atom is 0.211 e. The molecular weight excluding hydrogens is 370 g/mol. The molecule has 0 radical (unpaired) electrons. The molecule has 0 N–H and O–H groups in total. The van der Waals surface area contributed by atoms with Gasteiger partial charge < -0.3 is 4.90 Å². The third-order valence-electron chi connectivity index (χ3n) is 6.05. The maximum absolute atomic E-state index is 13.8. The monoisotopic (exact) mass is 400 g/mol. The van der Waals surface area contributed by atoms with Crippen LogP contribution in [0.4, 0.5) is 8.78 Å². The minimum absolute atomic E-state index is 0.0545. The molecule has 2 aliphatic rings. The van der Waals surface area contributed by atoms with Crippen LogP contribution in [0.2, 0.25) is 0 Å². The summed E-state index contributed by atoms with van der Waals surface area (Å²) in [5, 5.41) is 0. The number of rotatable bonds is 6. The summed E-state index contributed by atoms with van der Waals surface area (Å²) >= 11 is 0. The molecule has 0 bridgehead atoms. The SMILES string of the molecule is CS(=O)(=O)N1CCC([C@@H](CCN2CCCCC2)c2cc(F)cc(F)c2)CC1. The fraction of sp³-hybridized carbons (Fsp3) is 0.700. The van der Waals surface area contributed by atoms with Gasteiger partial charge in [-0.25, -0.2) is 21.5 Å². The molecule has 7 heteroatoms. The van der Waals surface area contributed by atoms with Gasteiger partial charge in [0.05, 0.1) is 6.26 Å². The highest BCUT2D eigenvalue weighted by atomic mass is 32.2. The highest BCUT2D eigenvalue weighted by Gasteiger charge is 2.31. The van der Waals surface area contributed by atoms with Gasteiger partial charge in [0, 0.05) is 19.2 Å². The van der Waals surface area contributed by atoms with E-state index >= 15 is 0 Å². The van der Waals surface area contributed by atoms with Crippen LogP contribution < -0.4 is 0 Å². The Balaban J connectivity index is 1.73. The van der Waals surface area contributed by atoms with Crippen LogP contribution in [-0.4, -0.2) is 56.6 Å². The third kappa shape index (κ3) is 5.72. The van der Waals surface area contributed by atoms with Crippen molar-refractivity contribution < 1.29 is 17.2 Å². The lowest BCUT2D eigenvalue weighted by Gasteiger charge is -2.36. The van der Waals surface area contributed by atoms with Gasteiger partial charge in [-0.2, -0.15) is 0 Å². The Morgan fingerprint density at radius 2 is 1.59 bits per heavy atom. The summed E-state index contributed by atoms with van der Waals surface area (Å²) in [5.41, 5.74) is 0.710. The molecule has 1 aromatic carbocycles. The van der Waals surface area contributed by atoms with E-state index in [9.17, 15) is 17.2 Å². The molecule has 152 valence electrons. The summed E-state index contributed by atoms with van der Waals surface area (Å²) in [5.74, 6) is -0.782. The minimum atomic E-state index is -3.18. The van der Waals surface area contributed by atoms with E-state index in [1.165, 1.54) is 42.0 Å². The standard InChI is InChI=1S/C20H30F2N2O2S/c1-27(25,26)24-11-5-16(6-12-24)20(7-10-23-8-3-2-4-9-23)17-13-18(21)15-19(22)14-17/h13-16,20H,2-12H2,1H3/t20-/m1/s1. The van der Waals surface area contributed by atoms with Crippen LogP contribution in [0.15, 0.2) is 18.2 Å². The van der Waals surface area contributed by atoms with Crippen LogP contribution in [-0.2, 0) is 10.0 Å². The average molecular weight is 401 g/mol. The Bertz CT molecular complexity index is 707. The van der Waals surface area contributed by atoms with Gasteiger partial charge >= 0.3 is 0 Å². The van der Waals surface area contributed by atoms with Crippen LogP contribution in [0.5, 0.6) is 0 Å². The number of piperidine rings is 2. The van der Waals surface area contributed by atoms with Gasteiger partial charge in [-0.1, -0.05) is 6.42 Å². The van der Waals surface area contributed by atoms with E-state index in [2.05, 4.69) is 4.90 Å². The third-order valence-corrected chi connectivity index (χ3v) is 7.36. The number of benzene rings is 1. The first-order valence-electron chi connectivity index (χ1n) is 9.96. The van der Waals surface area contributed by atoms with Crippen molar-refractivity contribution in [1.82, 2.24) is 9.21 Å². The Morgan fingerprint density at radius 3 is 2.15 bits per heavy atom. The van der Waals surface area contributed by atoms with E-state index in [0.29, 0.717) is 18.7 Å². The second-order valence-corrected chi connectivity index (χ2v) is 9.98. The summed E-state index contributed by atoms with van der Waals surface area (Å²) in [7, 11) is -3.18. The van der Waals surface area contributed by atoms with E-state index in [-0.39, 0.29) is 11.8 Å². The molecule has 0 saturated carbocycles. The molecule has 0 aromatic heterocycles. The molecule has 0 aliphatic carbocycles. The summed E-state index contributed by atoms with van der Waals surface area (Å²) in [4.78, 5) is 2.44. The molecule has 1 aromatic rings. The van der Waals surface area contributed by atoms with Crippen LogP contribution >= 0.6 is 0 Å². The molecule has 2 heterocycles. The Morgan fingerprint density at radius 1 is 1.00 bits per heavy atom. The predicted molar refractivity (Wildman–Crippen MR) is 103 cm³/mol. The van der Waals surface area contributed by atoms with E-state index in [0.717, 1.165) is 45.0 Å². The molecule has 4 nitrogen and oxygen atoms in total. The zero-order chi connectivity index (χ0) is 19.4. The van der Waals surface area contributed by atoms with Gasteiger partial charge in [0.15, 0.2) is 0 Å². The number of hydrogen-bond acceptors (Lipinski definition) is 3. The average Bonchev–Trinajstić information content (AvgIpc) is 2.62. The molecule has 0 spiro atoms. The summed E-state index contributed by atoms with van der Waals surface area (Å²) < 4.78 is 52.7. The van der Waals surface area contributed by atoms with Gasteiger partial charge in [-0.15, -0.1) is 0 Å². The zero-order valence-electron chi connectivity index (χ0n) is 16.0. The lowest BCUT2D eigenvalue weighted by Crippen LogP contribution is -2.39. The first-order valence-corrected chi connectivity index (χ1v) is 11.8. The zero-order valence-corrected chi connectivity index (χ0v) is 16.9. The fourth-order valence-electron chi connectivity index (χ4n) is 4.58. The Hall–Kier alpha value is -1.05. The van der Waals surface area contributed by atoms with Gasteiger partial charge in [0.1, 0.15) is 11.6 Å². The molecule has 0 amide bonds. The van der Waals surface area contributed by atoms with Crippen LogP contribution in [0.1, 0.15) is 50.0 Å². The molecule has 0 unspecified atom stereocenters. The van der Waals surface area contributed by atoms with Crippen molar-refractivity contribution in [2.75, 3.05) is 39.0 Å². The lowest BCUT2D eigenvalue weighted by molar-refractivity contribution is 0.192. The molecule has 3 rings (SSSR count). The molecule has 27 heavy (non-hydrogen) atoms. The van der Waals surface area contributed by atoms with Crippen molar-refractivity contribution in [2.24, 2.45) is 5.92 Å². The van der Waals surface area contributed by atoms with Crippen molar-refractivity contribution in [2.45, 2.75) is 44.4 Å². The van der Waals surface area contributed by atoms with Crippen molar-refractivity contribution in [1.29, 1.82) is 0 Å². The van der Waals surface area contributed by atoms with Crippen molar-refractivity contribution in [3.05, 3.63) is 35.4 Å². The van der Waals surface area contributed by atoms with Crippen molar-refractivity contribution in [3.8, 4) is 0 Å². The fourth-order valence-corrected chi connectivity index (χ4v) is 5.45. The first kappa shape index (κ1) is 20.7. The predicted octanol–water partition coefficient (Wildman–Crippen LogP) is 3.60. The summed E-state index contributed by atoms with van der Waals surface area (Å²) in [6.45, 7) is 4.09. The molecule has 1 atom stereocenters. The summed E-state index contributed by atoms with van der Waals surface area (Å²) in [6, 6.07) is 3.82. The van der Waals surface area contributed by atoms with Gasteiger partial charge in [0.25, 0.3) is 0 Å². The molecule has 2 aliphatic heterocycles. The highest BCUT2D eigenvalue weighted by molar-refractivity contribution is 7.88. The lowest BCUT2D eigenvalue weighted by atomic mass is 9.78. The number of halogens is 2. The quantitative estimate of drug-likeness (QED) is 0.733. The second-order valence-electron chi connectivity index (χ2n) is 8.00. The van der Waals surface area contributed by atoms with Crippen LogP contribution in [0, 0.1) is 17.6 Å². The van der Waals surface area contributed by atoms with Gasteiger partial charge in [-0.05, 0) is 81.3 Å². The molecular formula is C20H30F2N2O2S. The number of sulfonamides is 1.